The maximum atomic E-state index is 5.56. The number of hydrogen-bond acceptors (Lipinski definition) is 4. The maximum absolute atomic E-state index is 5.56. The van der Waals surface area contributed by atoms with E-state index in [4.69, 9.17) is 18.0 Å². The second kappa shape index (κ2) is 4.81. The van der Waals surface area contributed by atoms with Crippen LogP contribution in [0, 0.1) is 0 Å². The van der Waals surface area contributed by atoms with Crippen molar-refractivity contribution in [3.63, 3.8) is 0 Å². The van der Waals surface area contributed by atoms with Gasteiger partial charge in [-0.3, -0.25) is 0 Å². The lowest BCUT2D eigenvalue weighted by Crippen LogP contribution is -2.07. The van der Waals surface area contributed by atoms with Crippen molar-refractivity contribution >= 4 is 34.2 Å². The molecule has 1 aromatic heterocycles. The third-order valence-electron chi connectivity index (χ3n) is 2.38. The highest BCUT2D eigenvalue weighted by atomic mass is 32.1. The van der Waals surface area contributed by atoms with Gasteiger partial charge in [0.25, 0.3) is 0 Å². The summed E-state index contributed by atoms with van der Waals surface area (Å²) in [6.07, 6.45) is 1.72. The smallest absolute Gasteiger partial charge is 0.123 e. The number of benzene rings is 1. The predicted molar refractivity (Wildman–Crippen MR) is 77.8 cm³/mol. The van der Waals surface area contributed by atoms with Crippen LogP contribution < -0.4 is 10.6 Å². The first-order valence-corrected chi connectivity index (χ1v) is 6.34. The first kappa shape index (κ1) is 12.0. The molecule has 0 radical (unpaired) electrons. The molecule has 0 atom stereocenters. The molecule has 1 aromatic carbocycles. The monoisotopic (exact) mass is 263 g/mol. The van der Waals surface area contributed by atoms with Crippen LogP contribution in [0.4, 0.5) is 5.69 Å². The van der Waals surface area contributed by atoms with Crippen LogP contribution in [-0.2, 0) is 0 Å². The van der Waals surface area contributed by atoms with Gasteiger partial charge in [-0.2, -0.15) is 0 Å². The summed E-state index contributed by atoms with van der Waals surface area (Å²) in [6.45, 7) is 0. The van der Waals surface area contributed by atoms with Crippen LogP contribution in [0.25, 0.3) is 10.6 Å². The van der Waals surface area contributed by atoms with Crippen LogP contribution in [0.2, 0.25) is 0 Å². The SMILES string of the molecule is CN(C)c1ccc(-c2ncc(C(N)=S)s2)cc1. The second-order valence-electron chi connectivity index (χ2n) is 3.84. The summed E-state index contributed by atoms with van der Waals surface area (Å²) in [5.74, 6) is 0. The number of anilines is 1. The molecule has 1 heterocycles. The Labute approximate surface area is 110 Å². The van der Waals surface area contributed by atoms with Gasteiger partial charge in [0.1, 0.15) is 10.00 Å². The first-order chi connectivity index (χ1) is 8.08. The zero-order chi connectivity index (χ0) is 12.4. The topological polar surface area (TPSA) is 42.2 Å². The molecule has 2 rings (SSSR count). The molecule has 5 heteroatoms. The Kier molecular flexibility index (Phi) is 3.40. The van der Waals surface area contributed by atoms with Gasteiger partial charge in [0.15, 0.2) is 0 Å². The molecular formula is C12H13N3S2. The Bertz CT molecular complexity index is 529. The number of thiazole rings is 1. The predicted octanol–water partition coefficient (Wildman–Crippen LogP) is 2.51. The Morgan fingerprint density at radius 1 is 1.29 bits per heavy atom. The number of thiocarbonyl (C=S) groups is 1. The zero-order valence-electron chi connectivity index (χ0n) is 9.68. The molecule has 0 bridgehead atoms. The molecule has 0 saturated carbocycles. The Hall–Kier alpha value is -1.46. The molecule has 0 spiro atoms. The standard InChI is InChI=1S/C12H13N3S2/c1-15(2)9-5-3-8(4-6-9)12-14-7-10(17-12)11(13)16/h3-7H,1-2H3,(H2,13,16). The highest BCUT2D eigenvalue weighted by Gasteiger charge is 2.06. The largest absolute Gasteiger partial charge is 0.389 e. The number of rotatable bonds is 3. The van der Waals surface area contributed by atoms with E-state index in [0.717, 1.165) is 15.4 Å². The number of nitrogens with two attached hydrogens (primary N) is 1. The fourth-order valence-corrected chi connectivity index (χ4v) is 2.37. The normalized spacial score (nSPS) is 10.2. The lowest BCUT2D eigenvalue weighted by molar-refractivity contribution is 1.13. The Morgan fingerprint density at radius 3 is 2.41 bits per heavy atom. The minimum absolute atomic E-state index is 0.402. The van der Waals surface area contributed by atoms with Crippen LogP contribution in [0.3, 0.4) is 0 Å². The highest BCUT2D eigenvalue weighted by molar-refractivity contribution is 7.81. The molecule has 0 aliphatic rings. The fraction of sp³-hybridized carbons (Fsp3) is 0.167. The van der Waals surface area contributed by atoms with E-state index in [-0.39, 0.29) is 0 Å². The van der Waals surface area contributed by atoms with Crippen LogP contribution in [0.15, 0.2) is 30.5 Å². The van der Waals surface area contributed by atoms with Crippen molar-refractivity contribution in [2.75, 3.05) is 19.0 Å². The van der Waals surface area contributed by atoms with Crippen molar-refractivity contribution in [3.8, 4) is 10.6 Å². The molecule has 2 aromatic rings. The third kappa shape index (κ3) is 2.62. The minimum Gasteiger partial charge on any atom is -0.389 e. The minimum atomic E-state index is 0.402. The van der Waals surface area contributed by atoms with Crippen LogP contribution in [0.5, 0.6) is 0 Å². The van der Waals surface area contributed by atoms with Crippen molar-refractivity contribution in [2.45, 2.75) is 0 Å². The molecule has 17 heavy (non-hydrogen) atoms. The van der Waals surface area contributed by atoms with Gasteiger partial charge in [-0.25, -0.2) is 4.98 Å². The van der Waals surface area contributed by atoms with E-state index < -0.39 is 0 Å². The molecular weight excluding hydrogens is 250 g/mol. The second-order valence-corrected chi connectivity index (χ2v) is 5.31. The van der Waals surface area contributed by atoms with E-state index in [2.05, 4.69) is 34.1 Å². The van der Waals surface area contributed by atoms with Gasteiger partial charge >= 0.3 is 0 Å². The average molecular weight is 263 g/mol. The van der Waals surface area contributed by atoms with E-state index in [1.165, 1.54) is 17.0 Å². The van der Waals surface area contributed by atoms with Crippen molar-refractivity contribution in [3.05, 3.63) is 35.3 Å². The molecule has 0 aliphatic carbocycles. The summed E-state index contributed by atoms with van der Waals surface area (Å²) in [5, 5.41) is 0.943. The van der Waals surface area contributed by atoms with E-state index in [1.54, 1.807) is 6.20 Å². The van der Waals surface area contributed by atoms with Gasteiger partial charge in [0.2, 0.25) is 0 Å². The lowest BCUT2D eigenvalue weighted by atomic mass is 10.2. The van der Waals surface area contributed by atoms with Crippen LogP contribution >= 0.6 is 23.6 Å². The van der Waals surface area contributed by atoms with Gasteiger partial charge in [-0.1, -0.05) is 12.2 Å². The van der Waals surface area contributed by atoms with E-state index in [9.17, 15) is 0 Å². The highest BCUT2D eigenvalue weighted by Crippen LogP contribution is 2.26. The van der Waals surface area contributed by atoms with Gasteiger partial charge in [-0.05, 0) is 24.3 Å². The van der Waals surface area contributed by atoms with E-state index in [1.807, 2.05) is 14.1 Å². The molecule has 88 valence electrons. The van der Waals surface area contributed by atoms with Crippen molar-refractivity contribution in [2.24, 2.45) is 5.73 Å². The average Bonchev–Trinajstić information content (AvgIpc) is 2.78. The molecule has 0 aliphatic heterocycles. The number of aromatic nitrogens is 1. The summed E-state index contributed by atoms with van der Waals surface area (Å²) in [5.41, 5.74) is 7.82. The maximum Gasteiger partial charge on any atom is 0.123 e. The molecule has 3 nitrogen and oxygen atoms in total. The Balaban J connectivity index is 2.30. The molecule has 0 amide bonds. The summed E-state index contributed by atoms with van der Waals surface area (Å²) in [7, 11) is 4.03. The summed E-state index contributed by atoms with van der Waals surface area (Å²) in [6, 6.07) is 8.24. The quantitative estimate of drug-likeness (QED) is 0.864. The van der Waals surface area contributed by atoms with Gasteiger partial charge in [0.05, 0.1) is 4.88 Å². The summed E-state index contributed by atoms with van der Waals surface area (Å²) < 4.78 is 0. The fourth-order valence-electron chi connectivity index (χ4n) is 1.42. The zero-order valence-corrected chi connectivity index (χ0v) is 11.3. The van der Waals surface area contributed by atoms with Gasteiger partial charge in [0, 0.05) is 31.5 Å². The van der Waals surface area contributed by atoms with E-state index >= 15 is 0 Å². The molecule has 2 N–H and O–H groups in total. The summed E-state index contributed by atoms with van der Waals surface area (Å²) >= 11 is 6.44. The molecule has 0 saturated heterocycles. The first-order valence-electron chi connectivity index (χ1n) is 5.11. The van der Waals surface area contributed by atoms with Gasteiger partial charge < -0.3 is 10.6 Å². The van der Waals surface area contributed by atoms with Crippen LogP contribution in [-0.4, -0.2) is 24.1 Å². The van der Waals surface area contributed by atoms with Gasteiger partial charge in [-0.15, -0.1) is 11.3 Å². The number of nitrogens with zero attached hydrogens (tertiary/aromatic N) is 2. The third-order valence-corrected chi connectivity index (χ3v) is 3.81. The molecule has 0 fully saturated rings. The lowest BCUT2D eigenvalue weighted by Gasteiger charge is -2.11. The molecule has 0 unspecified atom stereocenters. The van der Waals surface area contributed by atoms with Crippen molar-refractivity contribution < 1.29 is 0 Å². The summed E-state index contributed by atoms with van der Waals surface area (Å²) in [4.78, 5) is 7.64. The van der Waals surface area contributed by atoms with E-state index in [0.29, 0.717) is 4.99 Å². The van der Waals surface area contributed by atoms with Crippen molar-refractivity contribution in [1.29, 1.82) is 0 Å². The Morgan fingerprint density at radius 2 is 1.94 bits per heavy atom. The van der Waals surface area contributed by atoms with Crippen LogP contribution in [0.1, 0.15) is 4.88 Å². The number of hydrogen-bond donors (Lipinski definition) is 1. The van der Waals surface area contributed by atoms with Crippen molar-refractivity contribution in [1.82, 2.24) is 4.98 Å².